The maximum Gasteiger partial charge on any atom is 0.253 e. The number of rotatable bonds is 6. The molecule has 1 amide bonds. The highest BCUT2D eigenvalue weighted by Gasteiger charge is 2.26. The van der Waals surface area contributed by atoms with Gasteiger partial charge < -0.3 is 15.5 Å². The molecule has 1 fully saturated rings. The van der Waals surface area contributed by atoms with E-state index in [0.717, 1.165) is 53.1 Å². The number of nitrogens with zero attached hydrogens (tertiary/aromatic N) is 4. The molecule has 0 radical (unpaired) electrons. The molecule has 2 aliphatic rings. The van der Waals surface area contributed by atoms with Crippen LogP contribution in [0.4, 0.5) is 16.0 Å². The van der Waals surface area contributed by atoms with Gasteiger partial charge in [-0.3, -0.25) is 9.79 Å². The van der Waals surface area contributed by atoms with Crippen molar-refractivity contribution >= 4 is 34.9 Å². The SMILES string of the molecule is CNC1CCN(C(=O)c2ccc(Nc3ncc4c(n3)-c3ccc(Cl)cc3C(c3ccccc3CF)=NC4)cc2)C1. The third-order valence-corrected chi connectivity index (χ3v) is 7.69. The Morgan fingerprint density at radius 2 is 1.90 bits per heavy atom. The molecule has 1 unspecified atom stereocenters. The standard InChI is InChI=1S/C31H28ClFN6O/c1-34-24-12-13-39(18-24)30(40)19-6-9-23(10-7-19)37-31-36-17-21-16-35-29(25-5-3-2-4-20(25)15-33)27-14-22(32)8-11-26(27)28(21)38-31/h2-11,14,17,24,34H,12-13,15-16,18H2,1H3,(H,36,37,38). The maximum atomic E-state index is 13.9. The van der Waals surface area contributed by atoms with Crippen LogP contribution in [-0.2, 0) is 13.2 Å². The zero-order valence-corrected chi connectivity index (χ0v) is 22.8. The highest BCUT2D eigenvalue weighted by atomic mass is 35.5. The minimum absolute atomic E-state index is 0.0333. The average molecular weight is 555 g/mol. The van der Waals surface area contributed by atoms with E-state index in [2.05, 4.69) is 15.6 Å². The Kier molecular flexibility index (Phi) is 7.28. The van der Waals surface area contributed by atoms with Gasteiger partial charge in [0, 0.05) is 63.9 Å². The van der Waals surface area contributed by atoms with Crippen LogP contribution < -0.4 is 10.6 Å². The van der Waals surface area contributed by atoms with Gasteiger partial charge >= 0.3 is 0 Å². The number of aliphatic imine (C=N–C) groups is 1. The topological polar surface area (TPSA) is 82.5 Å². The predicted molar refractivity (Wildman–Crippen MR) is 156 cm³/mol. The third-order valence-electron chi connectivity index (χ3n) is 7.45. The summed E-state index contributed by atoms with van der Waals surface area (Å²) in [6.07, 6.45) is 2.72. The number of halogens is 2. The minimum atomic E-state index is -0.592. The predicted octanol–water partition coefficient (Wildman–Crippen LogP) is 5.80. The summed E-state index contributed by atoms with van der Waals surface area (Å²) in [4.78, 5) is 29.0. The number of aromatic nitrogens is 2. The Hall–Kier alpha value is -4.14. The molecule has 2 aliphatic heterocycles. The zero-order valence-electron chi connectivity index (χ0n) is 22.0. The van der Waals surface area contributed by atoms with Gasteiger partial charge in [-0.2, -0.15) is 0 Å². The van der Waals surface area contributed by atoms with Crippen molar-refractivity contribution in [3.8, 4) is 11.3 Å². The van der Waals surface area contributed by atoms with Crippen molar-refractivity contribution in [3.63, 3.8) is 0 Å². The monoisotopic (exact) mass is 554 g/mol. The molecule has 9 heteroatoms. The number of carbonyl (C=O) groups excluding carboxylic acids is 1. The van der Waals surface area contributed by atoms with Crippen LogP contribution >= 0.6 is 11.6 Å². The highest BCUT2D eigenvalue weighted by Crippen LogP contribution is 2.34. The lowest BCUT2D eigenvalue weighted by molar-refractivity contribution is 0.0789. The van der Waals surface area contributed by atoms with Crippen molar-refractivity contribution in [1.82, 2.24) is 20.2 Å². The summed E-state index contributed by atoms with van der Waals surface area (Å²) in [5, 5.41) is 7.06. The van der Waals surface area contributed by atoms with Crippen LogP contribution in [0, 0.1) is 0 Å². The molecule has 0 bridgehead atoms. The Bertz CT molecular complexity index is 1610. The molecule has 7 nitrogen and oxygen atoms in total. The summed E-state index contributed by atoms with van der Waals surface area (Å²) in [6.45, 7) is 1.23. The molecular weight excluding hydrogens is 527 g/mol. The number of carbonyl (C=O) groups is 1. The van der Waals surface area contributed by atoms with Crippen LogP contribution in [0.25, 0.3) is 11.3 Å². The Morgan fingerprint density at radius 1 is 1.07 bits per heavy atom. The molecule has 202 valence electrons. The van der Waals surface area contributed by atoms with Crippen molar-refractivity contribution in [2.24, 2.45) is 4.99 Å². The first kappa shape index (κ1) is 26.1. The number of fused-ring (bicyclic) bond motifs is 3. The molecule has 3 heterocycles. The summed E-state index contributed by atoms with van der Waals surface area (Å²) >= 11 is 6.41. The first-order valence-corrected chi connectivity index (χ1v) is 13.6. The van der Waals surface area contributed by atoms with Gasteiger partial charge in [-0.25, -0.2) is 14.4 Å². The van der Waals surface area contributed by atoms with Crippen molar-refractivity contribution in [2.45, 2.75) is 25.7 Å². The van der Waals surface area contributed by atoms with E-state index >= 15 is 0 Å². The number of benzene rings is 3. The maximum absolute atomic E-state index is 13.9. The van der Waals surface area contributed by atoms with Crippen LogP contribution in [0.15, 0.2) is 77.9 Å². The summed E-state index contributed by atoms with van der Waals surface area (Å²) in [6, 6.07) is 20.6. The van der Waals surface area contributed by atoms with Gasteiger partial charge in [0.2, 0.25) is 5.95 Å². The molecule has 0 spiro atoms. The molecule has 6 rings (SSSR count). The van der Waals surface area contributed by atoms with Crippen LogP contribution in [0.3, 0.4) is 0 Å². The normalized spacial score (nSPS) is 16.1. The molecule has 0 saturated carbocycles. The molecular formula is C31H28ClFN6O. The quantitative estimate of drug-likeness (QED) is 0.315. The number of alkyl halides is 1. The molecule has 1 atom stereocenters. The second-order valence-corrected chi connectivity index (χ2v) is 10.4. The number of hydrogen-bond acceptors (Lipinski definition) is 6. The second kappa shape index (κ2) is 11.2. The molecule has 0 aliphatic carbocycles. The van der Waals surface area contributed by atoms with Gasteiger partial charge in [-0.1, -0.05) is 41.9 Å². The van der Waals surface area contributed by atoms with Gasteiger partial charge in [-0.05, 0) is 55.4 Å². The first-order valence-electron chi connectivity index (χ1n) is 13.2. The molecule has 1 saturated heterocycles. The molecule has 40 heavy (non-hydrogen) atoms. The third kappa shape index (κ3) is 5.08. The fourth-order valence-electron chi connectivity index (χ4n) is 5.27. The Balaban J connectivity index is 1.28. The van der Waals surface area contributed by atoms with E-state index in [0.29, 0.717) is 40.4 Å². The minimum Gasteiger partial charge on any atom is -0.337 e. The molecule has 1 aromatic heterocycles. The number of likely N-dealkylation sites (tertiary alicyclic amines) is 1. The lowest BCUT2D eigenvalue weighted by Crippen LogP contribution is -2.33. The number of amides is 1. The van der Waals surface area contributed by atoms with Crippen LogP contribution in [-0.4, -0.2) is 52.7 Å². The first-order chi connectivity index (χ1) is 19.5. The summed E-state index contributed by atoms with van der Waals surface area (Å²) in [5.74, 6) is 0.453. The number of hydrogen-bond donors (Lipinski definition) is 2. The Labute approximate surface area is 237 Å². The van der Waals surface area contributed by atoms with Crippen molar-refractivity contribution in [1.29, 1.82) is 0 Å². The van der Waals surface area contributed by atoms with Gasteiger partial charge in [0.05, 0.1) is 18.0 Å². The van der Waals surface area contributed by atoms with Crippen molar-refractivity contribution in [2.75, 3.05) is 25.5 Å². The summed E-state index contributed by atoms with van der Waals surface area (Å²) in [5.41, 5.74) is 6.63. The zero-order chi connectivity index (χ0) is 27.6. The van der Waals surface area contributed by atoms with Crippen LogP contribution in [0.1, 0.15) is 39.0 Å². The van der Waals surface area contributed by atoms with E-state index in [-0.39, 0.29) is 5.91 Å². The molecule has 3 aromatic carbocycles. The van der Waals surface area contributed by atoms with Crippen molar-refractivity contribution in [3.05, 3.63) is 106 Å². The highest BCUT2D eigenvalue weighted by molar-refractivity contribution is 6.31. The lowest BCUT2D eigenvalue weighted by atomic mass is 9.93. The summed E-state index contributed by atoms with van der Waals surface area (Å²) < 4.78 is 13.9. The van der Waals surface area contributed by atoms with E-state index in [4.69, 9.17) is 21.6 Å². The number of anilines is 2. The average Bonchev–Trinajstić information content (AvgIpc) is 3.42. The van der Waals surface area contributed by atoms with Gasteiger partial charge in [0.15, 0.2) is 0 Å². The van der Waals surface area contributed by atoms with E-state index in [1.807, 2.05) is 72.6 Å². The van der Waals surface area contributed by atoms with E-state index in [1.54, 1.807) is 12.3 Å². The van der Waals surface area contributed by atoms with Gasteiger partial charge in [-0.15, -0.1) is 0 Å². The van der Waals surface area contributed by atoms with Gasteiger partial charge in [0.25, 0.3) is 5.91 Å². The smallest absolute Gasteiger partial charge is 0.253 e. The Morgan fingerprint density at radius 3 is 2.67 bits per heavy atom. The molecule has 2 N–H and O–H groups in total. The number of likely N-dealkylation sites (N-methyl/N-ethyl adjacent to an activating group) is 1. The van der Waals surface area contributed by atoms with E-state index < -0.39 is 6.67 Å². The second-order valence-electron chi connectivity index (χ2n) is 9.94. The van der Waals surface area contributed by atoms with Crippen LogP contribution in [0.5, 0.6) is 0 Å². The fraction of sp³-hybridized carbons (Fsp3) is 0.226. The van der Waals surface area contributed by atoms with Crippen LogP contribution in [0.2, 0.25) is 5.02 Å². The van der Waals surface area contributed by atoms with E-state index in [9.17, 15) is 9.18 Å². The molecule has 4 aromatic rings. The largest absolute Gasteiger partial charge is 0.337 e. The van der Waals surface area contributed by atoms with Gasteiger partial charge in [0.1, 0.15) is 6.67 Å². The summed E-state index contributed by atoms with van der Waals surface area (Å²) in [7, 11) is 1.93. The fourth-order valence-corrected chi connectivity index (χ4v) is 5.44. The lowest BCUT2D eigenvalue weighted by Gasteiger charge is -2.17. The van der Waals surface area contributed by atoms with E-state index in [1.165, 1.54) is 0 Å². The number of nitrogens with one attached hydrogen (secondary N) is 2. The van der Waals surface area contributed by atoms with Crippen molar-refractivity contribution < 1.29 is 9.18 Å².